The molecule has 0 amide bonds. The third kappa shape index (κ3) is 4.36. The number of benzene rings is 2. The quantitative estimate of drug-likeness (QED) is 0.254. The van der Waals surface area contributed by atoms with Gasteiger partial charge in [-0.2, -0.15) is 4.98 Å². The van der Waals surface area contributed by atoms with E-state index in [9.17, 15) is 5.11 Å². The summed E-state index contributed by atoms with van der Waals surface area (Å²) in [5, 5.41) is 10.8. The predicted molar refractivity (Wildman–Crippen MR) is 131 cm³/mol. The Kier molecular flexibility index (Phi) is 6.11. The van der Waals surface area contributed by atoms with Crippen molar-refractivity contribution in [1.29, 1.82) is 0 Å². The first-order chi connectivity index (χ1) is 16.2. The first kappa shape index (κ1) is 21.6. The van der Waals surface area contributed by atoms with Crippen LogP contribution in [0.25, 0.3) is 11.4 Å². The number of ether oxygens (including phenoxy) is 1. The lowest BCUT2D eigenvalue weighted by Gasteiger charge is -2.24. The van der Waals surface area contributed by atoms with E-state index >= 15 is 0 Å². The number of pyridine rings is 1. The van der Waals surface area contributed by atoms with Crippen molar-refractivity contribution in [3.05, 3.63) is 94.3 Å². The number of fused-ring (bicyclic) bond motifs is 2. The van der Waals surface area contributed by atoms with Crippen LogP contribution in [0.4, 0.5) is 0 Å². The Morgan fingerprint density at radius 1 is 0.970 bits per heavy atom. The Bertz CT molecular complexity index is 1290. The molecule has 0 aliphatic carbocycles. The number of rotatable bonds is 6. The first-order valence-corrected chi connectivity index (χ1v) is 12.1. The molecule has 0 spiro atoms. The molecule has 1 N–H and O–H groups in total. The van der Waals surface area contributed by atoms with Gasteiger partial charge >= 0.3 is 0 Å². The topological polar surface area (TPSA) is 68.1 Å². The van der Waals surface area contributed by atoms with Gasteiger partial charge in [0.25, 0.3) is 0 Å². The summed E-state index contributed by atoms with van der Waals surface area (Å²) in [4.78, 5) is 14.1. The highest BCUT2D eigenvalue weighted by molar-refractivity contribution is 7.98. The van der Waals surface area contributed by atoms with Gasteiger partial charge in [-0.15, -0.1) is 11.8 Å². The molecule has 4 aromatic rings. The van der Waals surface area contributed by atoms with Crippen LogP contribution in [0.15, 0.2) is 65.8 Å². The molecule has 5 nitrogen and oxygen atoms in total. The third-order valence-corrected chi connectivity index (χ3v) is 6.99. The van der Waals surface area contributed by atoms with Crippen molar-refractivity contribution >= 4 is 11.8 Å². The van der Waals surface area contributed by atoms with Crippen molar-refractivity contribution in [3.8, 4) is 23.0 Å². The van der Waals surface area contributed by atoms with Gasteiger partial charge in [0.2, 0.25) is 5.88 Å². The van der Waals surface area contributed by atoms with Gasteiger partial charge in [0.05, 0.1) is 17.9 Å². The summed E-state index contributed by atoms with van der Waals surface area (Å²) in [6.07, 6.45) is 3.37. The van der Waals surface area contributed by atoms with Crippen molar-refractivity contribution < 1.29 is 9.84 Å². The van der Waals surface area contributed by atoms with E-state index in [2.05, 4.69) is 36.2 Å². The Morgan fingerprint density at radius 2 is 1.73 bits per heavy atom. The molecule has 166 valence electrons. The minimum atomic E-state index is -0.0798. The van der Waals surface area contributed by atoms with Crippen molar-refractivity contribution in [2.75, 3.05) is 0 Å². The van der Waals surface area contributed by atoms with Gasteiger partial charge < -0.3 is 9.84 Å². The monoisotopic (exact) mass is 455 g/mol. The summed E-state index contributed by atoms with van der Waals surface area (Å²) in [7, 11) is 0. The lowest BCUT2D eigenvalue weighted by atomic mass is 9.99. The molecule has 0 saturated heterocycles. The largest absolute Gasteiger partial charge is 0.436 e. The van der Waals surface area contributed by atoms with Crippen LogP contribution >= 0.6 is 11.8 Å². The molecule has 2 aromatic heterocycles. The zero-order valence-electron chi connectivity index (χ0n) is 18.7. The molecule has 0 unspecified atom stereocenters. The number of aliphatic hydroxyl groups excluding tert-OH is 1. The van der Waals surface area contributed by atoms with E-state index in [1.807, 2.05) is 37.3 Å². The number of thioether (sulfide) groups is 1. The van der Waals surface area contributed by atoms with Crippen LogP contribution in [0.2, 0.25) is 0 Å². The average Bonchev–Trinajstić information content (AvgIpc) is 2.87. The molecule has 0 bridgehead atoms. The van der Waals surface area contributed by atoms with Gasteiger partial charge in [-0.25, -0.2) is 4.98 Å². The standard InChI is InChI=1S/C27H25N3O2S/c1-3-18-9-11-19(12-10-18)16-33-27-23-13-22-21(15-31)14-28-17(2)24(22)32-26(23)29-25(30-27)20-7-5-4-6-8-20/h4-12,14,31H,3,13,15-16H2,1-2H3. The van der Waals surface area contributed by atoms with Crippen LogP contribution in [0, 0.1) is 6.92 Å². The second-order valence-electron chi connectivity index (χ2n) is 8.07. The molecular formula is C27H25N3O2S. The molecule has 0 atom stereocenters. The summed E-state index contributed by atoms with van der Waals surface area (Å²) in [5.41, 5.74) is 7.01. The van der Waals surface area contributed by atoms with Crippen LogP contribution in [0.1, 0.15) is 40.4 Å². The molecule has 3 heterocycles. The molecular weight excluding hydrogens is 430 g/mol. The highest BCUT2D eigenvalue weighted by Gasteiger charge is 2.27. The van der Waals surface area contributed by atoms with E-state index in [0.717, 1.165) is 45.1 Å². The lowest BCUT2D eigenvalue weighted by molar-refractivity contribution is 0.278. The van der Waals surface area contributed by atoms with E-state index < -0.39 is 0 Å². The summed E-state index contributed by atoms with van der Waals surface area (Å²) < 4.78 is 6.30. The fourth-order valence-electron chi connectivity index (χ4n) is 3.95. The number of hydrogen-bond donors (Lipinski definition) is 1. The average molecular weight is 456 g/mol. The van der Waals surface area contributed by atoms with Crippen molar-refractivity contribution in [3.63, 3.8) is 0 Å². The minimum Gasteiger partial charge on any atom is -0.436 e. The highest BCUT2D eigenvalue weighted by Crippen LogP contribution is 2.43. The Hall–Kier alpha value is -3.22. The molecule has 6 heteroatoms. The van der Waals surface area contributed by atoms with Gasteiger partial charge in [-0.1, -0.05) is 61.5 Å². The van der Waals surface area contributed by atoms with E-state index in [-0.39, 0.29) is 6.61 Å². The maximum atomic E-state index is 9.86. The molecule has 0 fully saturated rings. The van der Waals surface area contributed by atoms with Gasteiger partial charge in [-0.3, -0.25) is 4.98 Å². The SMILES string of the molecule is CCc1ccc(CSc2nc(-c3ccccc3)nc3c2Cc2c(CO)cnc(C)c2O3)cc1. The van der Waals surface area contributed by atoms with Crippen LogP contribution < -0.4 is 4.74 Å². The number of aryl methyl sites for hydroxylation is 2. The summed E-state index contributed by atoms with van der Waals surface area (Å²) in [6.45, 7) is 4.00. The Balaban J connectivity index is 1.55. The van der Waals surface area contributed by atoms with Crippen molar-refractivity contribution in [1.82, 2.24) is 15.0 Å². The first-order valence-electron chi connectivity index (χ1n) is 11.1. The molecule has 33 heavy (non-hydrogen) atoms. The molecule has 0 saturated carbocycles. The van der Waals surface area contributed by atoms with Crippen LogP contribution in [-0.4, -0.2) is 20.1 Å². The number of aromatic nitrogens is 3. The van der Waals surface area contributed by atoms with E-state index in [1.165, 1.54) is 11.1 Å². The molecule has 2 aromatic carbocycles. The molecule has 5 rings (SSSR count). The smallest absolute Gasteiger partial charge is 0.227 e. The van der Waals surface area contributed by atoms with Crippen molar-refractivity contribution in [2.24, 2.45) is 0 Å². The van der Waals surface area contributed by atoms with Gasteiger partial charge in [0.1, 0.15) is 5.03 Å². The highest BCUT2D eigenvalue weighted by atomic mass is 32.2. The van der Waals surface area contributed by atoms with Crippen molar-refractivity contribution in [2.45, 2.75) is 44.1 Å². The summed E-state index contributed by atoms with van der Waals surface area (Å²) >= 11 is 1.69. The second-order valence-corrected chi connectivity index (χ2v) is 9.04. The molecule has 0 radical (unpaired) electrons. The summed E-state index contributed by atoms with van der Waals surface area (Å²) in [5.74, 6) is 2.71. The van der Waals surface area contributed by atoms with E-state index in [4.69, 9.17) is 14.7 Å². The maximum absolute atomic E-state index is 9.86. The lowest BCUT2D eigenvalue weighted by Crippen LogP contribution is -2.13. The fourth-order valence-corrected chi connectivity index (χ4v) is 4.93. The van der Waals surface area contributed by atoms with Gasteiger partial charge in [0, 0.05) is 35.1 Å². The third-order valence-electron chi connectivity index (χ3n) is 5.90. The van der Waals surface area contributed by atoms with Gasteiger partial charge in [-0.05, 0) is 24.5 Å². The number of nitrogens with zero attached hydrogens (tertiary/aromatic N) is 3. The van der Waals surface area contributed by atoms with E-state index in [1.54, 1.807) is 18.0 Å². The van der Waals surface area contributed by atoms with Crippen LogP contribution in [-0.2, 0) is 25.2 Å². The molecule has 1 aliphatic rings. The number of aliphatic hydroxyl groups is 1. The maximum Gasteiger partial charge on any atom is 0.227 e. The normalized spacial score (nSPS) is 12.1. The fraction of sp³-hybridized carbons (Fsp3) is 0.222. The minimum absolute atomic E-state index is 0.0798. The van der Waals surface area contributed by atoms with E-state index in [0.29, 0.717) is 23.9 Å². The predicted octanol–water partition coefficient (Wildman–Crippen LogP) is 5.89. The zero-order valence-corrected chi connectivity index (χ0v) is 19.5. The van der Waals surface area contributed by atoms with Crippen LogP contribution in [0.3, 0.4) is 0 Å². The Labute approximate surface area is 197 Å². The zero-order chi connectivity index (χ0) is 22.8. The van der Waals surface area contributed by atoms with Gasteiger partial charge in [0.15, 0.2) is 11.6 Å². The summed E-state index contributed by atoms with van der Waals surface area (Å²) in [6, 6.07) is 18.7. The Morgan fingerprint density at radius 3 is 2.45 bits per heavy atom. The number of hydrogen-bond acceptors (Lipinski definition) is 6. The second kappa shape index (κ2) is 9.33. The van der Waals surface area contributed by atoms with Crippen LogP contribution in [0.5, 0.6) is 11.6 Å². The molecule has 1 aliphatic heterocycles.